The van der Waals surface area contributed by atoms with E-state index in [-0.39, 0.29) is 44.7 Å². The zero-order chi connectivity index (χ0) is 54.5. The lowest BCUT2D eigenvalue weighted by molar-refractivity contribution is 0.191. The first kappa shape index (κ1) is 64.4. The fourth-order valence-electron chi connectivity index (χ4n) is 4.95. The Morgan fingerprint density at radius 3 is 0.771 bits per heavy atom. The molecule has 0 spiro atoms. The second-order valence-corrected chi connectivity index (χ2v) is 38.9. The number of nitrogens with zero attached hydrogens (tertiary/aromatic N) is 8. The van der Waals surface area contributed by atoms with Crippen molar-refractivity contribution >= 4 is 56.0 Å². The molecule has 0 bridgehead atoms. The summed E-state index contributed by atoms with van der Waals surface area (Å²) in [6, 6.07) is 0. The summed E-state index contributed by atoms with van der Waals surface area (Å²) in [7, 11) is -17.0. The lowest BCUT2D eigenvalue weighted by atomic mass is 10.2. The summed E-state index contributed by atoms with van der Waals surface area (Å²) in [5.74, 6) is 0.269. The van der Waals surface area contributed by atoms with Crippen molar-refractivity contribution < 1.29 is 52.7 Å². The monoisotopic (exact) mass is 1090 g/mol. The van der Waals surface area contributed by atoms with Gasteiger partial charge in [0.1, 0.15) is 63.8 Å². The van der Waals surface area contributed by atoms with Gasteiger partial charge in [0.25, 0.3) is 0 Å². The highest BCUT2D eigenvalue weighted by Crippen LogP contribution is 2.40. The molecule has 0 aromatic carbocycles. The van der Waals surface area contributed by atoms with E-state index in [4.69, 9.17) is 8.85 Å². The minimum absolute atomic E-state index is 0.00650. The molecule has 0 aliphatic rings. The van der Waals surface area contributed by atoms with Gasteiger partial charge in [-0.2, -0.15) is 0 Å². The van der Waals surface area contributed by atoms with Crippen LogP contribution < -0.4 is 0 Å². The van der Waals surface area contributed by atoms with Crippen molar-refractivity contribution in [1.29, 1.82) is 0 Å². The second-order valence-electron chi connectivity index (χ2n) is 20.6. The third kappa shape index (κ3) is 25.7. The molecule has 0 unspecified atom stereocenters. The first-order valence-electron chi connectivity index (χ1n) is 22.0. The van der Waals surface area contributed by atoms with Gasteiger partial charge in [0.05, 0.1) is 23.0 Å². The molecule has 0 aliphatic carbocycles. The molecule has 396 valence electrons. The van der Waals surface area contributed by atoms with Crippen LogP contribution in [0.1, 0.15) is 112 Å². The molecule has 0 saturated carbocycles. The first-order valence-corrected chi connectivity index (χ1v) is 36.0. The van der Waals surface area contributed by atoms with E-state index >= 15 is 0 Å². The van der Waals surface area contributed by atoms with Crippen molar-refractivity contribution in [3.05, 3.63) is 95.1 Å². The minimum atomic E-state index is -3.21. The third-order valence-electron chi connectivity index (χ3n) is 10.7. The van der Waals surface area contributed by atoms with Crippen LogP contribution in [0.15, 0.2) is 49.6 Å². The maximum Gasteiger partial charge on any atom is 0.193 e. The van der Waals surface area contributed by atoms with E-state index in [9.17, 15) is 43.9 Å². The van der Waals surface area contributed by atoms with E-state index in [1.807, 2.05) is 27.7 Å². The second kappa shape index (κ2) is 25.9. The summed E-state index contributed by atoms with van der Waals surface area (Å²) >= 11 is 0. The van der Waals surface area contributed by atoms with E-state index in [2.05, 4.69) is 108 Å². The van der Waals surface area contributed by atoms with Crippen LogP contribution >= 0.6 is 0 Å². The van der Waals surface area contributed by atoms with Crippen LogP contribution in [0.5, 0.6) is 0 Å². The molecule has 4 aromatic heterocycles. The highest BCUT2D eigenvalue weighted by atomic mass is 32.2. The van der Waals surface area contributed by atoms with Gasteiger partial charge in [-0.15, -0.1) is 0 Å². The van der Waals surface area contributed by atoms with Gasteiger partial charge in [-0.25, -0.2) is 73.5 Å². The van der Waals surface area contributed by atoms with Crippen LogP contribution in [0, 0.1) is 27.7 Å². The van der Waals surface area contributed by atoms with Gasteiger partial charge >= 0.3 is 0 Å². The largest absolute Gasteiger partial charge is 0.406 e. The van der Waals surface area contributed by atoms with Gasteiger partial charge in [0.15, 0.2) is 39.9 Å². The zero-order valence-electron chi connectivity index (χ0n) is 43.9. The molecule has 70 heavy (non-hydrogen) atoms. The van der Waals surface area contributed by atoms with E-state index < -0.39 is 80.4 Å². The smallest absolute Gasteiger partial charge is 0.193 e. The van der Waals surface area contributed by atoms with E-state index in [0.29, 0.717) is 11.6 Å². The molecule has 2 N–H and O–H groups in total. The van der Waals surface area contributed by atoms with Gasteiger partial charge in [0.2, 0.25) is 0 Å². The molecule has 0 amide bonds. The molecule has 4 aromatic rings. The van der Waals surface area contributed by atoms with Gasteiger partial charge in [-0.1, -0.05) is 41.5 Å². The Morgan fingerprint density at radius 2 is 0.600 bits per heavy atom. The van der Waals surface area contributed by atoms with Crippen molar-refractivity contribution in [2.75, 3.05) is 48.0 Å². The number of rotatable bonds is 16. The molecule has 4 atom stereocenters. The fraction of sp³-hybridized carbons (Fsp3) is 0.636. The van der Waals surface area contributed by atoms with Gasteiger partial charge < -0.3 is 19.1 Å². The molecule has 4 rings (SSSR count). The van der Waals surface area contributed by atoms with Crippen LogP contribution in [0.2, 0.25) is 36.3 Å². The van der Waals surface area contributed by atoms with Crippen molar-refractivity contribution in [3.8, 4) is 0 Å². The molecule has 0 radical (unpaired) electrons. The van der Waals surface area contributed by atoms with E-state index in [1.54, 1.807) is 24.8 Å². The van der Waals surface area contributed by atoms with Crippen LogP contribution in [0.4, 0.5) is 0 Å². The molecule has 0 aliphatic heterocycles. The Hall–Kier alpha value is -3.61. The van der Waals surface area contributed by atoms with Gasteiger partial charge in [0, 0.05) is 74.6 Å². The normalized spacial score (nSPS) is 14.6. The number of aliphatic hydroxyl groups excluding tert-OH is 2. The first-order chi connectivity index (χ1) is 31.4. The Kier molecular flexibility index (Phi) is 23.8. The van der Waals surface area contributed by atoms with E-state index in [0.717, 1.165) is 34.8 Å². The summed E-state index contributed by atoms with van der Waals surface area (Å²) in [6.45, 7) is 28.5. The number of hydrogen-bond acceptors (Lipinski definition) is 20. The maximum atomic E-state index is 11.7. The number of aryl methyl sites for hydroxylation is 4. The summed E-state index contributed by atoms with van der Waals surface area (Å²) in [5.41, 5.74) is 3.59. The molecule has 0 saturated heterocycles. The zero-order valence-corrected chi connectivity index (χ0v) is 49.2. The quantitative estimate of drug-likeness (QED) is 0.131. The van der Waals surface area contributed by atoms with Crippen LogP contribution in [0.25, 0.3) is 0 Å². The van der Waals surface area contributed by atoms with Crippen LogP contribution in [-0.4, -0.2) is 148 Å². The van der Waals surface area contributed by atoms with Crippen molar-refractivity contribution in [3.63, 3.8) is 0 Å². The highest BCUT2D eigenvalue weighted by molar-refractivity contribution is 7.91. The molecular formula is C44H76N8O12S4Si2. The van der Waals surface area contributed by atoms with Gasteiger partial charge in [-0.05, 0) is 86.2 Å². The predicted molar refractivity (Wildman–Crippen MR) is 278 cm³/mol. The van der Waals surface area contributed by atoms with Crippen LogP contribution in [0.3, 0.4) is 0 Å². The number of hydrogen-bond donors (Lipinski definition) is 2. The fourth-order valence-corrected chi connectivity index (χ4v) is 10.7. The van der Waals surface area contributed by atoms with Crippen molar-refractivity contribution in [2.45, 2.75) is 130 Å². The standard InChI is InChI=1S/2C14H26N2O3SSi.2C8H12N2O3S/c2*1-11-8-15-13(16-9-11)12(10-20(5,17)18)19-21(6,7)14(2,3)4;2*1-6-3-9-8(10-4-6)7(11)5-14(2,12)13/h2*8-9,12H,10H2,1-7H3;2*3-4,7,11H,5H2,1-2H3/t2*12-;2*7-/m1010/s1. The Labute approximate surface area is 419 Å². The lowest BCUT2D eigenvalue weighted by Gasteiger charge is -2.38. The molecule has 26 heteroatoms. The summed E-state index contributed by atoms with van der Waals surface area (Å²) in [4.78, 5) is 32.3. The SMILES string of the molecule is Cc1cnc([C@@H](CS(C)(=O)=O)O[Si](C)(C)C(C)(C)C)nc1.Cc1cnc([C@@H](O)CS(C)(=O)=O)nc1.Cc1cnc([C@H](CS(C)(=O)=O)O[Si](C)(C)C(C)(C)C)nc1.Cc1cnc([C@H](O)CS(C)(=O)=O)nc1. The predicted octanol–water partition coefficient (Wildman–Crippen LogP) is 5.51. The molecule has 0 fully saturated rings. The lowest BCUT2D eigenvalue weighted by Crippen LogP contribution is -2.43. The number of sulfone groups is 4. The van der Waals surface area contributed by atoms with Gasteiger partial charge in [-0.3, -0.25) is 0 Å². The third-order valence-corrected chi connectivity index (χ3v) is 23.3. The topological polar surface area (TPSA) is 299 Å². The summed E-state index contributed by atoms with van der Waals surface area (Å²) in [6.07, 6.45) is 13.9. The Bertz CT molecular complexity index is 2520. The molecule has 20 nitrogen and oxygen atoms in total. The highest BCUT2D eigenvalue weighted by Gasteiger charge is 2.42. The van der Waals surface area contributed by atoms with E-state index in [1.165, 1.54) is 37.3 Å². The minimum Gasteiger partial charge on any atom is -0.406 e. The molecule has 4 heterocycles. The molecular weight excluding hydrogens is 1020 g/mol. The Balaban J connectivity index is 0.000000475. The summed E-state index contributed by atoms with van der Waals surface area (Å²) < 4.78 is 103. The number of aromatic nitrogens is 8. The van der Waals surface area contributed by atoms with Crippen molar-refractivity contribution in [1.82, 2.24) is 39.9 Å². The van der Waals surface area contributed by atoms with Crippen molar-refractivity contribution in [2.24, 2.45) is 0 Å². The average molecular weight is 1090 g/mol. The average Bonchev–Trinajstić information content (AvgIpc) is 3.16. The number of aliphatic hydroxyl groups is 2. The van der Waals surface area contributed by atoms with Crippen LogP contribution in [-0.2, 0) is 48.2 Å². The maximum absolute atomic E-state index is 11.7. The summed E-state index contributed by atoms with van der Waals surface area (Å²) in [5, 5.41) is 18.9. The Morgan fingerprint density at radius 1 is 0.414 bits per heavy atom.